The van der Waals surface area contributed by atoms with E-state index in [4.69, 9.17) is 18.9 Å². The van der Waals surface area contributed by atoms with Crippen molar-refractivity contribution in [3.05, 3.63) is 24.3 Å². The van der Waals surface area contributed by atoms with Crippen LogP contribution in [0.25, 0.3) is 0 Å². The Morgan fingerprint density at radius 3 is 2.14 bits per heavy atom. The lowest BCUT2D eigenvalue weighted by atomic mass is 9.94. The number of nitrogens with zero attached hydrogens (tertiary/aromatic N) is 2. The summed E-state index contributed by atoms with van der Waals surface area (Å²) in [6, 6.07) is -0.892. The number of isocyanates is 2. The number of hydrogen-bond acceptors (Lipinski definition) is 12. The number of alkyl carbamates (subject to hydrolysis) is 1. The first-order valence-corrected chi connectivity index (χ1v) is 10.5. The van der Waals surface area contributed by atoms with Crippen LogP contribution in [0.5, 0.6) is 0 Å². The molecule has 2 atom stereocenters. The minimum atomic E-state index is -1.66. The van der Waals surface area contributed by atoms with Crippen LogP contribution in [0.2, 0.25) is 0 Å². The van der Waals surface area contributed by atoms with Crippen molar-refractivity contribution in [3.8, 4) is 0 Å². The molecule has 13 nitrogen and oxygen atoms in total. The van der Waals surface area contributed by atoms with Gasteiger partial charge in [0.1, 0.15) is 19.8 Å². The maximum absolute atomic E-state index is 12.5. The average Bonchev–Trinajstić information content (AvgIpc) is 3.21. The van der Waals surface area contributed by atoms with Crippen LogP contribution >= 0.6 is 0 Å². The molecule has 1 fully saturated rings. The fourth-order valence-corrected chi connectivity index (χ4v) is 3.02. The Balaban J connectivity index is 2.62. The quantitative estimate of drug-likeness (QED) is 0.0965. The van der Waals surface area contributed by atoms with Crippen molar-refractivity contribution in [1.29, 1.82) is 0 Å². The third-order valence-corrected chi connectivity index (χ3v) is 4.77. The van der Waals surface area contributed by atoms with Gasteiger partial charge in [0.25, 0.3) is 0 Å². The molecule has 0 aromatic rings. The Morgan fingerprint density at radius 2 is 1.63 bits per heavy atom. The van der Waals surface area contributed by atoms with Gasteiger partial charge in [-0.25, -0.2) is 28.8 Å². The van der Waals surface area contributed by atoms with E-state index in [2.05, 4.69) is 28.5 Å². The van der Waals surface area contributed by atoms with Crippen LogP contribution in [0.1, 0.15) is 33.1 Å². The molecule has 13 heteroatoms. The second kappa shape index (κ2) is 14.2. The molecule has 2 unspecified atom stereocenters. The molecular formula is C22H27N3O10. The number of ether oxygens (including phenoxy) is 4. The number of rotatable bonds is 13. The first-order chi connectivity index (χ1) is 16.6. The van der Waals surface area contributed by atoms with E-state index >= 15 is 0 Å². The topological polar surface area (TPSA) is 176 Å². The highest BCUT2D eigenvalue weighted by Crippen LogP contribution is 2.36. The SMILES string of the molecule is C=C(C)C(=O)OCC(COC(=O)C(=C)C)OC(=O)NCCOC(=O)C1(N=C=O)CCCC1N=C=O. The highest BCUT2D eigenvalue weighted by atomic mass is 16.6. The fraction of sp³-hybridized carbons (Fsp3) is 0.545. The molecule has 0 saturated heterocycles. The van der Waals surface area contributed by atoms with E-state index in [0.717, 1.165) is 0 Å². The second-order valence-corrected chi connectivity index (χ2v) is 7.60. The molecule has 0 heterocycles. The molecule has 35 heavy (non-hydrogen) atoms. The standard InChI is InChI=1S/C22H27N3O10/c1-14(2)18(28)33-10-16(11-34-19(29)15(3)4)35-21(31)23-8-9-32-20(30)22(25-13-27)7-5-6-17(22)24-12-26/h16-17H,1,3,5-11H2,2,4H3,(H,23,31). The van der Waals surface area contributed by atoms with Gasteiger partial charge in [0, 0.05) is 11.1 Å². The van der Waals surface area contributed by atoms with Gasteiger partial charge in [-0.15, -0.1) is 0 Å². The Labute approximate surface area is 201 Å². The molecule has 1 saturated carbocycles. The van der Waals surface area contributed by atoms with Crippen molar-refractivity contribution in [1.82, 2.24) is 5.32 Å². The van der Waals surface area contributed by atoms with Gasteiger partial charge >= 0.3 is 24.0 Å². The minimum Gasteiger partial charge on any atom is -0.462 e. The van der Waals surface area contributed by atoms with Gasteiger partial charge in [0.05, 0.1) is 12.6 Å². The summed E-state index contributed by atoms with van der Waals surface area (Å²) < 4.78 is 20.1. The summed E-state index contributed by atoms with van der Waals surface area (Å²) in [5, 5.41) is 2.31. The maximum atomic E-state index is 12.5. The summed E-state index contributed by atoms with van der Waals surface area (Å²) in [6.45, 7) is 8.37. The molecule has 1 amide bonds. The molecule has 1 aliphatic carbocycles. The Morgan fingerprint density at radius 1 is 1.03 bits per heavy atom. The fourth-order valence-electron chi connectivity index (χ4n) is 3.02. The predicted molar refractivity (Wildman–Crippen MR) is 117 cm³/mol. The lowest BCUT2D eigenvalue weighted by Crippen LogP contribution is -2.45. The van der Waals surface area contributed by atoms with E-state index in [-0.39, 0.29) is 30.7 Å². The molecule has 0 bridgehead atoms. The normalized spacial score (nSPS) is 18.3. The lowest BCUT2D eigenvalue weighted by Gasteiger charge is -2.24. The number of esters is 3. The van der Waals surface area contributed by atoms with Gasteiger partial charge in [-0.3, -0.25) is 0 Å². The van der Waals surface area contributed by atoms with Crippen LogP contribution in [0.3, 0.4) is 0 Å². The Hall–Kier alpha value is -4.08. The predicted octanol–water partition coefficient (Wildman–Crippen LogP) is 0.826. The molecule has 0 spiro atoms. The lowest BCUT2D eigenvalue weighted by molar-refractivity contribution is -0.150. The molecule has 1 aliphatic rings. The summed E-state index contributed by atoms with van der Waals surface area (Å²) in [5.74, 6) is -2.35. The zero-order chi connectivity index (χ0) is 26.4. The number of hydrogen-bond donors (Lipinski definition) is 1. The number of carbonyl (C=O) groups is 4. The van der Waals surface area contributed by atoms with Gasteiger partial charge < -0.3 is 24.3 Å². The van der Waals surface area contributed by atoms with E-state index in [1.54, 1.807) is 0 Å². The van der Waals surface area contributed by atoms with Crippen LogP contribution in [0.4, 0.5) is 4.79 Å². The van der Waals surface area contributed by atoms with Crippen LogP contribution in [0, 0.1) is 0 Å². The van der Waals surface area contributed by atoms with E-state index in [1.807, 2.05) is 0 Å². The highest BCUT2D eigenvalue weighted by Gasteiger charge is 2.51. The van der Waals surface area contributed by atoms with Gasteiger partial charge in [0.15, 0.2) is 11.6 Å². The number of aliphatic imine (C=N–C) groups is 2. The monoisotopic (exact) mass is 493 g/mol. The van der Waals surface area contributed by atoms with Crippen LogP contribution in [0.15, 0.2) is 34.3 Å². The molecular weight excluding hydrogens is 466 g/mol. The molecule has 0 radical (unpaired) electrons. The third-order valence-electron chi connectivity index (χ3n) is 4.77. The largest absolute Gasteiger partial charge is 0.462 e. The summed E-state index contributed by atoms with van der Waals surface area (Å²) in [7, 11) is 0. The van der Waals surface area contributed by atoms with Gasteiger partial charge in [0.2, 0.25) is 12.2 Å². The number of nitrogens with one attached hydrogen (secondary N) is 1. The zero-order valence-corrected chi connectivity index (χ0v) is 19.5. The minimum absolute atomic E-state index is 0.119. The number of carbonyl (C=O) groups excluding carboxylic acids is 6. The van der Waals surface area contributed by atoms with Gasteiger partial charge in [-0.05, 0) is 33.1 Å². The molecule has 190 valence electrons. The van der Waals surface area contributed by atoms with Gasteiger partial charge in [-0.2, -0.15) is 9.98 Å². The van der Waals surface area contributed by atoms with Crippen molar-refractivity contribution in [2.75, 3.05) is 26.4 Å². The molecule has 0 aliphatic heterocycles. The molecule has 1 N–H and O–H groups in total. The van der Waals surface area contributed by atoms with Crippen LogP contribution in [-0.4, -0.2) is 80.2 Å². The zero-order valence-electron chi connectivity index (χ0n) is 19.5. The van der Waals surface area contributed by atoms with Crippen molar-refractivity contribution in [2.45, 2.75) is 50.8 Å². The average molecular weight is 493 g/mol. The van der Waals surface area contributed by atoms with Crippen molar-refractivity contribution in [3.63, 3.8) is 0 Å². The van der Waals surface area contributed by atoms with E-state index in [0.29, 0.717) is 12.8 Å². The highest BCUT2D eigenvalue weighted by molar-refractivity contribution is 5.87. The summed E-state index contributed by atoms with van der Waals surface area (Å²) >= 11 is 0. The van der Waals surface area contributed by atoms with Crippen LogP contribution < -0.4 is 5.32 Å². The Kier molecular flexibility index (Phi) is 11.8. The van der Waals surface area contributed by atoms with E-state index in [9.17, 15) is 28.8 Å². The van der Waals surface area contributed by atoms with Gasteiger partial charge in [-0.1, -0.05) is 13.2 Å². The third kappa shape index (κ3) is 9.00. The van der Waals surface area contributed by atoms with Crippen molar-refractivity contribution < 1.29 is 47.7 Å². The first kappa shape index (κ1) is 29.0. The summed E-state index contributed by atoms with van der Waals surface area (Å²) in [5.41, 5.74) is -1.42. The first-order valence-electron chi connectivity index (χ1n) is 10.5. The van der Waals surface area contributed by atoms with Crippen molar-refractivity contribution in [2.24, 2.45) is 9.98 Å². The van der Waals surface area contributed by atoms with Crippen molar-refractivity contribution >= 4 is 36.2 Å². The molecule has 1 rings (SSSR count). The van der Waals surface area contributed by atoms with Crippen LogP contribution in [-0.2, 0) is 42.9 Å². The summed E-state index contributed by atoms with van der Waals surface area (Å²) in [4.78, 5) is 76.3. The smallest absolute Gasteiger partial charge is 0.407 e. The Bertz CT molecular complexity index is 919. The number of amides is 1. The second-order valence-electron chi connectivity index (χ2n) is 7.60. The molecule has 0 aromatic carbocycles. The summed E-state index contributed by atoms with van der Waals surface area (Å²) in [6.07, 6.45) is 1.51. The van der Waals surface area contributed by atoms with E-state index < -0.39 is 54.9 Å². The maximum Gasteiger partial charge on any atom is 0.407 e. The molecule has 0 aromatic heterocycles. The van der Waals surface area contributed by atoms with E-state index in [1.165, 1.54) is 26.0 Å².